The van der Waals surface area contributed by atoms with Crippen molar-refractivity contribution in [2.45, 2.75) is 13.0 Å². The first kappa shape index (κ1) is 13.1. The van der Waals surface area contributed by atoms with Crippen molar-refractivity contribution in [1.29, 1.82) is 0 Å². The number of ether oxygens (including phenoxy) is 1. The van der Waals surface area contributed by atoms with Gasteiger partial charge in [0.15, 0.2) is 5.78 Å². The van der Waals surface area contributed by atoms with Crippen LogP contribution in [0.25, 0.3) is 0 Å². The van der Waals surface area contributed by atoms with Crippen LogP contribution >= 0.6 is 0 Å². The fraction of sp³-hybridized carbons (Fsp3) is 0.462. The highest BCUT2D eigenvalue weighted by Gasteiger charge is 2.34. The number of hydrogen-bond donors (Lipinski definition) is 1. The molecule has 0 saturated carbocycles. The Labute approximate surface area is 104 Å². The van der Waals surface area contributed by atoms with E-state index in [-0.39, 0.29) is 29.9 Å². The maximum atomic E-state index is 13.1. The molecule has 1 fully saturated rings. The van der Waals surface area contributed by atoms with E-state index in [1.54, 1.807) is 0 Å². The lowest BCUT2D eigenvalue weighted by Gasteiger charge is -2.17. The van der Waals surface area contributed by atoms with E-state index in [0.717, 1.165) is 24.7 Å². The molecule has 0 amide bonds. The zero-order valence-corrected chi connectivity index (χ0v) is 10.1. The topological polar surface area (TPSA) is 38.3 Å². The quantitative estimate of drug-likeness (QED) is 0.833. The molecule has 98 valence electrons. The van der Waals surface area contributed by atoms with Gasteiger partial charge >= 0.3 is 0 Å². The molecule has 1 heterocycles. The second kappa shape index (κ2) is 5.54. The minimum atomic E-state index is -0.739. The van der Waals surface area contributed by atoms with E-state index in [9.17, 15) is 13.6 Å². The van der Waals surface area contributed by atoms with Gasteiger partial charge in [-0.25, -0.2) is 8.78 Å². The molecule has 0 aromatic heterocycles. The molecule has 0 spiro atoms. The molecule has 18 heavy (non-hydrogen) atoms. The third-order valence-corrected chi connectivity index (χ3v) is 3.03. The van der Waals surface area contributed by atoms with Gasteiger partial charge in [0.2, 0.25) is 0 Å². The third-order valence-electron chi connectivity index (χ3n) is 3.03. The van der Waals surface area contributed by atoms with Gasteiger partial charge < -0.3 is 10.1 Å². The molecule has 0 radical (unpaired) electrons. The summed E-state index contributed by atoms with van der Waals surface area (Å²) in [4.78, 5) is 12.2. The number of Topliss-reactive ketones (excluding diaryl/α,β-unsaturated/α-hetero) is 1. The number of likely N-dealkylation sites (N-methyl/N-ethyl adjacent to an activating group) is 1. The van der Waals surface area contributed by atoms with E-state index in [2.05, 4.69) is 5.32 Å². The molecule has 2 atom stereocenters. The van der Waals surface area contributed by atoms with Crippen LogP contribution in [0.5, 0.6) is 0 Å². The molecule has 1 saturated heterocycles. The molecular weight excluding hydrogens is 240 g/mol. The molecule has 2 unspecified atom stereocenters. The van der Waals surface area contributed by atoms with Crippen LogP contribution in [0.3, 0.4) is 0 Å². The number of halogens is 2. The van der Waals surface area contributed by atoms with Gasteiger partial charge in [0, 0.05) is 17.7 Å². The minimum Gasteiger partial charge on any atom is -0.379 e. The van der Waals surface area contributed by atoms with E-state index in [1.165, 1.54) is 0 Å². The molecule has 0 aliphatic carbocycles. The van der Waals surface area contributed by atoms with Crippen molar-refractivity contribution >= 4 is 5.78 Å². The fourth-order valence-electron chi connectivity index (χ4n) is 2.19. The first-order chi connectivity index (χ1) is 8.61. The maximum absolute atomic E-state index is 13.1. The van der Waals surface area contributed by atoms with E-state index in [0.29, 0.717) is 6.61 Å². The van der Waals surface area contributed by atoms with Crippen LogP contribution in [0.2, 0.25) is 0 Å². The largest absolute Gasteiger partial charge is 0.379 e. The van der Waals surface area contributed by atoms with Crippen molar-refractivity contribution in [3.05, 3.63) is 35.4 Å². The van der Waals surface area contributed by atoms with Gasteiger partial charge in [0.1, 0.15) is 11.6 Å². The first-order valence-electron chi connectivity index (χ1n) is 5.93. The summed E-state index contributed by atoms with van der Waals surface area (Å²) in [6.45, 7) is 3.38. The summed E-state index contributed by atoms with van der Waals surface area (Å²) >= 11 is 0. The summed E-state index contributed by atoms with van der Waals surface area (Å²) in [7, 11) is 0. The zero-order chi connectivity index (χ0) is 13.1. The standard InChI is InChI=1S/C13H15F2NO2/c1-2-16-12-7-18-6-11(12)13(17)8-3-9(14)5-10(15)4-8/h3-5,11-12,16H,2,6-7H2,1H3. The van der Waals surface area contributed by atoms with Crippen molar-refractivity contribution in [1.82, 2.24) is 5.32 Å². The second-order valence-corrected chi connectivity index (χ2v) is 4.33. The number of carbonyl (C=O) groups excluding carboxylic acids is 1. The molecule has 2 rings (SSSR count). The van der Waals surface area contributed by atoms with Crippen LogP contribution in [-0.4, -0.2) is 31.6 Å². The zero-order valence-electron chi connectivity index (χ0n) is 10.1. The van der Waals surface area contributed by atoms with E-state index < -0.39 is 11.6 Å². The highest BCUT2D eigenvalue weighted by Crippen LogP contribution is 2.20. The van der Waals surface area contributed by atoms with Crippen LogP contribution in [0.15, 0.2) is 18.2 Å². The van der Waals surface area contributed by atoms with Gasteiger partial charge in [0.25, 0.3) is 0 Å². The lowest BCUT2D eigenvalue weighted by atomic mass is 9.93. The van der Waals surface area contributed by atoms with Crippen molar-refractivity contribution in [3.8, 4) is 0 Å². The molecular formula is C13H15F2NO2. The molecule has 1 aromatic rings. The Morgan fingerprint density at radius 3 is 2.61 bits per heavy atom. The summed E-state index contributed by atoms with van der Waals surface area (Å²) < 4.78 is 31.4. The van der Waals surface area contributed by atoms with Gasteiger partial charge in [-0.15, -0.1) is 0 Å². The Morgan fingerprint density at radius 1 is 1.33 bits per heavy atom. The molecule has 1 N–H and O–H groups in total. The molecule has 1 aliphatic rings. The van der Waals surface area contributed by atoms with Gasteiger partial charge in [-0.05, 0) is 18.7 Å². The summed E-state index contributed by atoms with van der Waals surface area (Å²) in [5.41, 5.74) is 0.0610. The predicted octanol–water partition coefficient (Wildman–Crippen LogP) is 1.77. The van der Waals surface area contributed by atoms with Crippen LogP contribution < -0.4 is 5.32 Å². The minimum absolute atomic E-state index is 0.0610. The third kappa shape index (κ3) is 2.73. The fourth-order valence-corrected chi connectivity index (χ4v) is 2.19. The highest BCUT2D eigenvalue weighted by atomic mass is 19.1. The molecule has 0 bridgehead atoms. The summed E-state index contributed by atoms with van der Waals surface area (Å²) in [6.07, 6.45) is 0. The maximum Gasteiger partial charge on any atom is 0.170 e. The number of hydrogen-bond acceptors (Lipinski definition) is 3. The SMILES string of the molecule is CCNC1COCC1C(=O)c1cc(F)cc(F)c1. The Bertz CT molecular complexity index is 430. The Balaban J connectivity index is 2.19. The molecule has 5 heteroatoms. The van der Waals surface area contributed by atoms with Crippen molar-refractivity contribution in [2.24, 2.45) is 5.92 Å². The van der Waals surface area contributed by atoms with E-state index in [4.69, 9.17) is 4.74 Å². The van der Waals surface area contributed by atoms with Gasteiger partial charge in [-0.1, -0.05) is 6.92 Å². The van der Waals surface area contributed by atoms with Crippen LogP contribution in [0.4, 0.5) is 8.78 Å². The van der Waals surface area contributed by atoms with Gasteiger partial charge in [-0.2, -0.15) is 0 Å². The second-order valence-electron chi connectivity index (χ2n) is 4.33. The summed E-state index contributed by atoms with van der Waals surface area (Å²) in [5, 5.41) is 3.14. The van der Waals surface area contributed by atoms with Crippen molar-refractivity contribution in [3.63, 3.8) is 0 Å². The normalized spacial score (nSPS) is 23.3. The number of benzene rings is 1. The monoisotopic (exact) mass is 255 g/mol. The molecule has 3 nitrogen and oxygen atoms in total. The molecule has 1 aromatic carbocycles. The number of carbonyl (C=O) groups is 1. The Kier molecular flexibility index (Phi) is 4.04. The highest BCUT2D eigenvalue weighted by molar-refractivity contribution is 5.98. The summed E-state index contributed by atoms with van der Waals surface area (Å²) in [6, 6.07) is 2.79. The number of ketones is 1. The number of rotatable bonds is 4. The van der Waals surface area contributed by atoms with Crippen molar-refractivity contribution in [2.75, 3.05) is 19.8 Å². The number of nitrogens with one attached hydrogen (secondary N) is 1. The van der Waals surface area contributed by atoms with Gasteiger partial charge in [-0.3, -0.25) is 4.79 Å². The first-order valence-corrected chi connectivity index (χ1v) is 5.93. The molecule has 1 aliphatic heterocycles. The predicted molar refractivity (Wildman–Crippen MR) is 62.5 cm³/mol. The lowest BCUT2D eigenvalue weighted by Crippen LogP contribution is -2.39. The van der Waals surface area contributed by atoms with E-state index in [1.807, 2.05) is 6.92 Å². The Hall–Kier alpha value is -1.33. The van der Waals surface area contributed by atoms with Crippen LogP contribution in [-0.2, 0) is 4.74 Å². The average Bonchev–Trinajstić information content (AvgIpc) is 2.75. The van der Waals surface area contributed by atoms with Gasteiger partial charge in [0.05, 0.1) is 19.1 Å². The van der Waals surface area contributed by atoms with E-state index >= 15 is 0 Å². The average molecular weight is 255 g/mol. The van der Waals surface area contributed by atoms with Crippen LogP contribution in [0.1, 0.15) is 17.3 Å². The Morgan fingerprint density at radius 2 is 2.00 bits per heavy atom. The van der Waals surface area contributed by atoms with Crippen molar-refractivity contribution < 1.29 is 18.3 Å². The van der Waals surface area contributed by atoms with Crippen LogP contribution in [0, 0.1) is 17.6 Å². The smallest absolute Gasteiger partial charge is 0.170 e. The summed E-state index contributed by atoms with van der Waals surface area (Å²) in [5.74, 6) is -2.14. The lowest BCUT2D eigenvalue weighted by molar-refractivity contribution is 0.0890.